The van der Waals surface area contributed by atoms with Crippen LogP contribution in [-0.2, 0) is 14.4 Å². The van der Waals surface area contributed by atoms with Gasteiger partial charge in [-0.05, 0) is 74.2 Å². The van der Waals surface area contributed by atoms with Crippen LogP contribution in [0.2, 0.25) is 0 Å². The summed E-state index contributed by atoms with van der Waals surface area (Å²) in [5.74, 6) is -1.58. The molecule has 53 heavy (non-hydrogen) atoms. The Kier molecular flexibility index (Phi) is 12.1. The van der Waals surface area contributed by atoms with Crippen molar-refractivity contribution in [3.63, 3.8) is 0 Å². The molecule has 5 amide bonds. The lowest BCUT2D eigenvalue weighted by Gasteiger charge is -2.27. The second-order valence-electron chi connectivity index (χ2n) is 13.4. The van der Waals surface area contributed by atoms with Crippen molar-refractivity contribution >= 4 is 52.5 Å². The van der Waals surface area contributed by atoms with Crippen LogP contribution < -0.4 is 21.3 Å². The van der Waals surface area contributed by atoms with Gasteiger partial charge in [0.25, 0.3) is 11.8 Å². The first kappa shape index (κ1) is 36.8. The number of hydrogen-bond donors (Lipinski definition) is 4. The van der Waals surface area contributed by atoms with Gasteiger partial charge in [-0.25, -0.2) is 9.97 Å². The Morgan fingerprint density at radius 2 is 1.66 bits per heavy atom. The van der Waals surface area contributed by atoms with Gasteiger partial charge in [0.05, 0.1) is 16.8 Å². The van der Waals surface area contributed by atoms with Crippen molar-refractivity contribution in [2.45, 2.75) is 83.6 Å². The van der Waals surface area contributed by atoms with Gasteiger partial charge in [-0.15, -0.1) is 0 Å². The second kappa shape index (κ2) is 17.5. The topological polar surface area (TPSA) is 175 Å². The molecule has 0 aliphatic carbocycles. The first-order valence-electron chi connectivity index (χ1n) is 18.3. The molecule has 2 aliphatic heterocycles. The van der Waals surface area contributed by atoms with E-state index in [0.29, 0.717) is 30.3 Å². The number of unbranched alkanes of at least 4 members (excludes halogenated alkanes) is 7. The predicted molar refractivity (Wildman–Crippen MR) is 202 cm³/mol. The van der Waals surface area contributed by atoms with Gasteiger partial charge in [-0.3, -0.25) is 39.2 Å². The van der Waals surface area contributed by atoms with Crippen LogP contribution in [0.3, 0.4) is 0 Å². The van der Waals surface area contributed by atoms with Gasteiger partial charge in [-0.2, -0.15) is 0 Å². The highest BCUT2D eigenvalue weighted by Gasteiger charge is 2.45. The number of anilines is 4. The first-order valence-corrected chi connectivity index (χ1v) is 18.3. The molecule has 0 spiro atoms. The van der Waals surface area contributed by atoms with Gasteiger partial charge in [-0.1, -0.05) is 50.7 Å². The number of aryl methyl sites for hydroxylation is 1. The molecule has 2 aliphatic rings. The van der Waals surface area contributed by atoms with E-state index in [2.05, 4.69) is 36.2 Å². The number of carbonyl (C=O) groups excluding carboxylic acids is 5. The Labute approximate surface area is 308 Å². The number of imide groups is 2. The molecule has 1 atom stereocenters. The number of carbonyl (C=O) groups is 5. The maximum absolute atomic E-state index is 13.3. The van der Waals surface area contributed by atoms with E-state index in [1.807, 2.05) is 43.3 Å². The number of fused-ring (bicyclic) bond motifs is 1. The summed E-state index contributed by atoms with van der Waals surface area (Å²) in [6, 6.07) is 15.5. The third-order valence-electron chi connectivity index (χ3n) is 9.49. The average molecular weight is 717 g/mol. The SMILES string of the molecule is Cc1ccc(NC(=O)CCCCCCCCCCNc2cccc3c2C(=O)N(C2CCC(=O)NC2=O)C3=O)cc1Nc1nccc(-c2cccnc2)n1. The number of pyridine rings is 1. The van der Waals surface area contributed by atoms with Gasteiger partial charge in [0.15, 0.2) is 0 Å². The smallest absolute Gasteiger partial charge is 0.264 e. The van der Waals surface area contributed by atoms with Crippen LogP contribution in [0.1, 0.15) is 96.9 Å². The van der Waals surface area contributed by atoms with Gasteiger partial charge < -0.3 is 16.0 Å². The molecule has 0 saturated carbocycles. The molecule has 1 unspecified atom stereocenters. The van der Waals surface area contributed by atoms with E-state index in [1.54, 1.807) is 36.8 Å². The fraction of sp³-hybridized carbons (Fsp3) is 0.350. The Hall–Kier alpha value is -5.98. The monoisotopic (exact) mass is 716 g/mol. The van der Waals surface area contributed by atoms with E-state index >= 15 is 0 Å². The molecule has 2 aromatic carbocycles. The normalized spacial score (nSPS) is 15.3. The fourth-order valence-electron chi connectivity index (χ4n) is 6.63. The average Bonchev–Trinajstić information content (AvgIpc) is 3.41. The van der Waals surface area contributed by atoms with Crippen molar-refractivity contribution < 1.29 is 24.0 Å². The summed E-state index contributed by atoms with van der Waals surface area (Å²) in [5, 5.41) is 11.8. The maximum atomic E-state index is 13.3. The molecule has 0 radical (unpaired) electrons. The van der Waals surface area contributed by atoms with E-state index in [-0.39, 0.29) is 29.9 Å². The summed E-state index contributed by atoms with van der Waals surface area (Å²) >= 11 is 0. The van der Waals surface area contributed by atoms with Crippen molar-refractivity contribution in [2.75, 3.05) is 22.5 Å². The Balaban J connectivity index is 0.847. The number of nitrogens with zero attached hydrogens (tertiary/aromatic N) is 4. The molecule has 4 N–H and O–H groups in total. The Bertz CT molecular complexity index is 1990. The van der Waals surface area contributed by atoms with Gasteiger partial charge in [0.1, 0.15) is 6.04 Å². The number of nitrogens with one attached hydrogen (secondary N) is 4. The predicted octanol–water partition coefficient (Wildman–Crippen LogP) is 6.55. The molecule has 1 fully saturated rings. The summed E-state index contributed by atoms with van der Waals surface area (Å²) in [5.41, 5.74) is 5.33. The van der Waals surface area contributed by atoms with Crippen LogP contribution in [0.25, 0.3) is 11.3 Å². The fourth-order valence-corrected chi connectivity index (χ4v) is 6.63. The van der Waals surface area contributed by atoms with E-state index in [0.717, 1.165) is 78.8 Å². The molecule has 274 valence electrons. The van der Waals surface area contributed by atoms with Crippen molar-refractivity contribution in [2.24, 2.45) is 0 Å². The highest BCUT2D eigenvalue weighted by molar-refractivity contribution is 6.25. The molecule has 13 nitrogen and oxygen atoms in total. The Morgan fingerprint density at radius 1 is 0.868 bits per heavy atom. The van der Waals surface area contributed by atoms with Gasteiger partial charge >= 0.3 is 0 Å². The molecule has 4 heterocycles. The lowest BCUT2D eigenvalue weighted by atomic mass is 10.0. The number of amides is 5. The molecule has 4 aromatic rings. The van der Waals surface area contributed by atoms with Crippen molar-refractivity contribution in [3.05, 3.63) is 89.9 Å². The van der Waals surface area contributed by atoms with Gasteiger partial charge in [0, 0.05) is 60.6 Å². The minimum Gasteiger partial charge on any atom is -0.384 e. The van der Waals surface area contributed by atoms with Crippen LogP contribution in [0.4, 0.5) is 23.0 Å². The summed E-state index contributed by atoms with van der Waals surface area (Å²) in [6.45, 7) is 2.64. The summed E-state index contributed by atoms with van der Waals surface area (Å²) in [7, 11) is 0. The number of rotatable bonds is 17. The molecule has 2 aromatic heterocycles. The lowest BCUT2D eigenvalue weighted by molar-refractivity contribution is -0.136. The summed E-state index contributed by atoms with van der Waals surface area (Å²) in [6.07, 6.45) is 14.0. The van der Waals surface area contributed by atoms with E-state index in [4.69, 9.17) is 0 Å². The van der Waals surface area contributed by atoms with Crippen LogP contribution >= 0.6 is 0 Å². The minimum atomic E-state index is -0.981. The highest BCUT2D eigenvalue weighted by atomic mass is 16.2. The van der Waals surface area contributed by atoms with Crippen molar-refractivity contribution in [1.82, 2.24) is 25.2 Å². The van der Waals surface area contributed by atoms with Crippen LogP contribution in [0.5, 0.6) is 0 Å². The number of benzene rings is 2. The lowest BCUT2D eigenvalue weighted by Crippen LogP contribution is -2.54. The van der Waals surface area contributed by atoms with E-state index in [9.17, 15) is 24.0 Å². The quantitative estimate of drug-likeness (QED) is 0.0692. The third-order valence-corrected chi connectivity index (χ3v) is 9.49. The van der Waals surface area contributed by atoms with Crippen LogP contribution in [-0.4, -0.2) is 62.0 Å². The Morgan fingerprint density at radius 3 is 2.43 bits per heavy atom. The largest absolute Gasteiger partial charge is 0.384 e. The van der Waals surface area contributed by atoms with Crippen LogP contribution in [0, 0.1) is 6.92 Å². The first-order chi connectivity index (χ1) is 25.8. The highest BCUT2D eigenvalue weighted by Crippen LogP contribution is 2.32. The number of hydrogen-bond acceptors (Lipinski definition) is 10. The zero-order valence-electron chi connectivity index (χ0n) is 29.8. The molecular formula is C40H44N8O5. The standard InChI is InChI=1S/C40H44N8O5/c1-26-16-17-28(24-32(26)46-40-43-23-20-30(45-40)27-12-11-21-41-25-27)44-34(49)15-8-6-4-2-3-5-7-9-22-42-31-14-10-13-29-36(31)39(53)48(38(29)52)33-18-19-35(50)47-37(33)51/h10-14,16-17,20-21,23-25,33,42H,2-9,15,18-19,22H2,1H3,(H,44,49)(H,43,45,46)(H,47,50,51). The zero-order valence-corrected chi connectivity index (χ0v) is 29.8. The van der Waals surface area contributed by atoms with Crippen molar-refractivity contribution in [1.29, 1.82) is 0 Å². The minimum absolute atomic E-state index is 0.0130. The number of aromatic nitrogens is 3. The third kappa shape index (κ3) is 9.28. The number of piperidine rings is 1. The molecule has 0 bridgehead atoms. The summed E-state index contributed by atoms with van der Waals surface area (Å²) < 4.78 is 0. The second-order valence-corrected chi connectivity index (χ2v) is 13.4. The molecular weight excluding hydrogens is 672 g/mol. The molecule has 6 rings (SSSR count). The molecule has 1 saturated heterocycles. The molecule has 13 heteroatoms. The van der Waals surface area contributed by atoms with Gasteiger partial charge in [0.2, 0.25) is 23.7 Å². The maximum Gasteiger partial charge on any atom is 0.264 e. The summed E-state index contributed by atoms with van der Waals surface area (Å²) in [4.78, 5) is 77.0. The van der Waals surface area contributed by atoms with E-state index in [1.165, 1.54) is 0 Å². The van der Waals surface area contributed by atoms with E-state index < -0.39 is 29.7 Å². The van der Waals surface area contributed by atoms with Crippen LogP contribution in [0.15, 0.2) is 73.2 Å². The van der Waals surface area contributed by atoms with Crippen molar-refractivity contribution in [3.8, 4) is 11.3 Å². The zero-order chi connectivity index (χ0) is 37.2.